The number of aryl methyl sites for hydroxylation is 1. The van der Waals surface area contributed by atoms with Gasteiger partial charge in [-0.25, -0.2) is 8.42 Å². The predicted octanol–water partition coefficient (Wildman–Crippen LogP) is 5.36. The highest BCUT2D eigenvalue weighted by Gasteiger charge is 2.32. The number of carbonyl (C=O) groups is 2. The van der Waals surface area contributed by atoms with Crippen molar-refractivity contribution in [1.29, 1.82) is 0 Å². The molecule has 9 heteroatoms. The van der Waals surface area contributed by atoms with Gasteiger partial charge in [-0.15, -0.1) is 0 Å². The number of amides is 2. The highest BCUT2D eigenvalue weighted by molar-refractivity contribution is 7.92. The van der Waals surface area contributed by atoms with Crippen LogP contribution in [0.25, 0.3) is 0 Å². The van der Waals surface area contributed by atoms with Gasteiger partial charge < -0.3 is 15.0 Å². The molecular weight excluding hydrogens is 562 g/mol. The van der Waals surface area contributed by atoms with Gasteiger partial charge in [-0.05, 0) is 74.6 Å². The maximum Gasteiger partial charge on any atom is 0.243 e. The number of nitrogens with one attached hydrogen (secondary N) is 1. The topological polar surface area (TPSA) is 96.0 Å². The first-order chi connectivity index (χ1) is 20.3. The van der Waals surface area contributed by atoms with Gasteiger partial charge in [0.15, 0.2) is 0 Å². The predicted molar refractivity (Wildman–Crippen MR) is 173 cm³/mol. The lowest BCUT2D eigenvalue weighted by Gasteiger charge is -2.34. The van der Waals surface area contributed by atoms with E-state index in [4.69, 9.17) is 4.74 Å². The van der Waals surface area contributed by atoms with Crippen LogP contribution in [0.15, 0.2) is 78.9 Å². The van der Waals surface area contributed by atoms with Gasteiger partial charge in [0, 0.05) is 31.5 Å². The van der Waals surface area contributed by atoms with E-state index in [2.05, 4.69) is 5.32 Å². The molecule has 0 heterocycles. The average Bonchev–Trinajstić information content (AvgIpc) is 2.96. The Hall–Kier alpha value is -3.85. The number of hydrogen-bond acceptors (Lipinski definition) is 5. The van der Waals surface area contributed by atoms with Gasteiger partial charge in [-0.1, -0.05) is 61.5 Å². The van der Waals surface area contributed by atoms with Crippen LogP contribution in [0, 0.1) is 0 Å². The number of nitrogens with zero attached hydrogens (tertiary/aromatic N) is 2. The third-order valence-electron chi connectivity index (χ3n) is 7.04. The van der Waals surface area contributed by atoms with Gasteiger partial charge in [0.25, 0.3) is 0 Å². The van der Waals surface area contributed by atoms with Crippen LogP contribution in [0.2, 0.25) is 0 Å². The molecule has 0 radical (unpaired) electrons. The molecule has 3 rings (SSSR count). The zero-order chi connectivity index (χ0) is 31.6. The minimum atomic E-state index is -3.57. The molecule has 3 aromatic rings. The van der Waals surface area contributed by atoms with E-state index in [1.807, 2.05) is 94.4 Å². The lowest BCUT2D eigenvalue weighted by molar-refractivity contribution is -0.142. The summed E-state index contributed by atoms with van der Waals surface area (Å²) in [6.45, 7) is 8.10. The number of sulfonamides is 1. The molecule has 0 bridgehead atoms. The fourth-order valence-corrected chi connectivity index (χ4v) is 5.84. The quantitative estimate of drug-likeness (QED) is 0.266. The van der Waals surface area contributed by atoms with Crippen LogP contribution in [0.1, 0.15) is 57.2 Å². The largest absolute Gasteiger partial charge is 0.497 e. The average molecular weight is 608 g/mol. The maximum atomic E-state index is 14.0. The van der Waals surface area contributed by atoms with Crippen molar-refractivity contribution in [3.8, 4) is 5.75 Å². The van der Waals surface area contributed by atoms with Crippen molar-refractivity contribution in [2.45, 2.75) is 71.5 Å². The summed E-state index contributed by atoms with van der Waals surface area (Å²) in [6.07, 6.45) is 2.71. The van der Waals surface area contributed by atoms with Gasteiger partial charge >= 0.3 is 0 Å². The molecule has 2 amide bonds. The molecule has 43 heavy (non-hydrogen) atoms. The number of anilines is 1. The van der Waals surface area contributed by atoms with Crippen molar-refractivity contribution in [3.05, 3.63) is 95.6 Å². The summed E-state index contributed by atoms with van der Waals surface area (Å²) in [6, 6.07) is 23.7. The number of benzene rings is 3. The number of hydrogen-bond donors (Lipinski definition) is 1. The van der Waals surface area contributed by atoms with E-state index in [1.165, 1.54) is 10.6 Å². The van der Waals surface area contributed by atoms with E-state index in [-0.39, 0.29) is 37.7 Å². The molecule has 1 N–H and O–H groups in total. The second-order valence-corrected chi connectivity index (χ2v) is 13.7. The molecule has 0 fully saturated rings. The van der Waals surface area contributed by atoms with Crippen LogP contribution in [0.5, 0.6) is 5.75 Å². The Morgan fingerprint density at radius 2 is 1.56 bits per heavy atom. The van der Waals surface area contributed by atoms with E-state index in [9.17, 15) is 18.0 Å². The highest BCUT2D eigenvalue weighted by Crippen LogP contribution is 2.22. The van der Waals surface area contributed by atoms with Crippen molar-refractivity contribution >= 4 is 27.5 Å². The molecule has 0 spiro atoms. The summed E-state index contributed by atoms with van der Waals surface area (Å²) in [4.78, 5) is 29.4. The minimum absolute atomic E-state index is 0.0666. The lowest BCUT2D eigenvalue weighted by Crippen LogP contribution is -2.54. The lowest BCUT2D eigenvalue weighted by atomic mass is 10.00. The van der Waals surface area contributed by atoms with Crippen molar-refractivity contribution in [2.24, 2.45) is 0 Å². The summed E-state index contributed by atoms with van der Waals surface area (Å²) in [5, 5.41) is 3.06. The Morgan fingerprint density at radius 3 is 2.14 bits per heavy atom. The van der Waals surface area contributed by atoms with Crippen molar-refractivity contribution in [3.63, 3.8) is 0 Å². The third kappa shape index (κ3) is 10.4. The summed E-state index contributed by atoms with van der Waals surface area (Å²) >= 11 is 0. The smallest absolute Gasteiger partial charge is 0.243 e. The zero-order valence-electron chi connectivity index (χ0n) is 26.2. The summed E-state index contributed by atoms with van der Waals surface area (Å²) in [5.41, 5.74) is 2.92. The summed E-state index contributed by atoms with van der Waals surface area (Å²) < 4.78 is 32.1. The van der Waals surface area contributed by atoms with Gasteiger partial charge in [0.05, 0.1) is 19.1 Å². The molecule has 8 nitrogen and oxygen atoms in total. The van der Waals surface area contributed by atoms with E-state index < -0.39 is 21.6 Å². The molecule has 0 unspecified atom stereocenters. The molecule has 0 saturated carbocycles. The summed E-state index contributed by atoms with van der Waals surface area (Å²) in [5.74, 6) is 0.172. The number of carbonyl (C=O) groups excluding carboxylic acids is 2. The van der Waals surface area contributed by atoms with E-state index in [0.717, 1.165) is 23.1 Å². The molecule has 232 valence electrons. The molecule has 0 aromatic heterocycles. The minimum Gasteiger partial charge on any atom is -0.497 e. The Kier molecular flexibility index (Phi) is 11.8. The zero-order valence-corrected chi connectivity index (χ0v) is 27.0. The van der Waals surface area contributed by atoms with Crippen LogP contribution >= 0.6 is 0 Å². The Labute approximate surface area is 257 Å². The Bertz CT molecular complexity index is 1450. The SMILES string of the molecule is CCc1ccc(N(CCCC(=O)N(Cc2cccc(OC)c2)[C@@H](Cc2ccccc2)C(=O)NC(C)(C)C)S(C)(=O)=O)cc1. The monoisotopic (exact) mass is 607 g/mol. The second kappa shape index (κ2) is 15.0. The van der Waals surface area contributed by atoms with Crippen LogP contribution in [0.4, 0.5) is 5.69 Å². The van der Waals surface area contributed by atoms with E-state index in [1.54, 1.807) is 24.1 Å². The second-order valence-electron chi connectivity index (χ2n) is 11.8. The van der Waals surface area contributed by atoms with Crippen LogP contribution in [-0.4, -0.2) is 56.6 Å². The van der Waals surface area contributed by atoms with E-state index >= 15 is 0 Å². The molecule has 0 aliphatic carbocycles. The van der Waals surface area contributed by atoms with Crippen molar-refractivity contribution in [1.82, 2.24) is 10.2 Å². The number of rotatable bonds is 14. The first-order valence-electron chi connectivity index (χ1n) is 14.7. The standard InChI is InChI=1S/C34H45N3O5S/c1-7-26-18-20-29(21-19-26)37(43(6,40)41)22-12-17-32(38)36(25-28-15-11-16-30(23-28)42-5)31(33(39)35-34(2,3)4)24-27-13-9-8-10-14-27/h8-11,13-16,18-21,23,31H,7,12,17,22,24-25H2,1-6H3,(H,35,39)/t31-/m0/s1. The van der Waals surface area contributed by atoms with Gasteiger partial charge in [0.1, 0.15) is 11.8 Å². The number of ether oxygens (including phenoxy) is 1. The highest BCUT2D eigenvalue weighted by atomic mass is 32.2. The number of methoxy groups -OCH3 is 1. The van der Waals surface area contributed by atoms with Gasteiger partial charge in [0.2, 0.25) is 21.8 Å². The molecule has 3 aromatic carbocycles. The Morgan fingerprint density at radius 1 is 0.907 bits per heavy atom. The maximum absolute atomic E-state index is 14.0. The van der Waals surface area contributed by atoms with Crippen LogP contribution in [0.3, 0.4) is 0 Å². The van der Waals surface area contributed by atoms with Crippen LogP contribution in [-0.2, 0) is 39.0 Å². The molecular formula is C34H45N3O5S. The van der Waals surface area contributed by atoms with Gasteiger partial charge in [-0.2, -0.15) is 0 Å². The third-order valence-corrected chi connectivity index (χ3v) is 8.24. The fourth-order valence-electron chi connectivity index (χ4n) is 4.88. The van der Waals surface area contributed by atoms with Crippen LogP contribution < -0.4 is 14.4 Å². The Balaban J connectivity index is 1.91. The molecule has 0 aliphatic rings. The van der Waals surface area contributed by atoms with Gasteiger partial charge in [-0.3, -0.25) is 13.9 Å². The molecule has 0 aliphatic heterocycles. The molecule has 0 saturated heterocycles. The fraction of sp³-hybridized carbons (Fsp3) is 0.412. The normalized spacial score (nSPS) is 12.3. The first-order valence-corrected chi connectivity index (χ1v) is 16.5. The van der Waals surface area contributed by atoms with Crippen molar-refractivity contribution < 1.29 is 22.7 Å². The first kappa shape index (κ1) is 33.6. The van der Waals surface area contributed by atoms with E-state index in [0.29, 0.717) is 17.9 Å². The summed E-state index contributed by atoms with van der Waals surface area (Å²) in [7, 11) is -1.99. The van der Waals surface area contributed by atoms with Crippen molar-refractivity contribution in [2.75, 3.05) is 24.2 Å². The molecule has 1 atom stereocenters.